The van der Waals surface area contributed by atoms with Crippen molar-refractivity contribution in [2.45, 2.75) is 13.5 Å². The van der Waals surface area contributed by atoms with E-state index in [1.165, 1.54) is 0 Å². The highest BCUT2D eigenvalue weighted by atomic mass is 35.5. The lowest BCUT2D eigenvalue weighted by molar-refractivity contribution is -0.121. The lowest BCUT2D eigenvalue weighted by atomic mass is 10.1. The number of benzene rings is 2. The van der Waals surface area contributed by atoms with E-state index in [0.29, 0.717) is 12.4 Å². The van der Waals surface area contributed by atoms with Crippen molar-refractivity contribution in [3.05, 3.63) is 66.2 Å². The molecule has 2 rings (SSSR count). The summed E-state index contributed by atoms with van der Waals surface area (Å²) in [6.45, 7) is 2.42. The van der Waals surface area contributed by atoms with E-state index in [0.717, 1.165) is 11.3 Å². The lowest BCUT2D eigenvalue weighted by Crippen LogP contribution is -2.35. The number of hydrogen-bond donors (Lipinski definition) is 0. The van der Waals surface area contributed by atoms with Crippen LogP contribution < -0.4 is 4.90 Å². The molecule has 0 heterocycles. The number of alkyl halides is 1. The van der Waals surface area contributed by atoms with Crippen LogP contribution in [0.5, 0.6) is 0 Å². The largest absolute Gasteiger partial charge is 0.308 e. The fraction of sp³-hybridized carbons (Fsp3) is 0.235. The Morgan fingerprint density at radius 1 is 1.05 bits per heavy atom. The van der Waals surface area contributed by atoms with Gasteiger partial charge in [0.05, 0.1) is 6.54 Å². The number of rotatable bonds is 5. The maximum absolute atomic E-state index is 12.5. The van der Waals surface area contributed by atoms with Gasteiger partial charge in [-0.05, 0) is 17.7 Å². The van der Waals surface area contributed by atoms with Gasteiger partial charge in [0.15, 0.2) is 0 Å². The number of halogens is 1. The van der Waals surface area contributed by atoms with Gasteiger partial charge in [0.2, 0.25) is 5.91 Å². The van der Waals surface area contributed by atoms with Crippen LogP contribution in [0.15, 0.2) is 60.7 Å². The molecule has 1 unspecified atom stereocenters. The summed E-state index contributed by atoms with van der Waals surface area (Å²) in [5.74, 6) is 0.187. The van der Waals surface area contributed by atoms with Crippen LogP contribution in [0.25, 0.3) is 0 Å². The third-order valence-corrected chi connectivity index (χ3v) is 3.63. The Balaban J connectivity index is 2.27. The van der Waals surface area contributed by atoms with Gasteiger partial charge in [0, 0.05) is 17.5 Å². The molecule has 2 aromatic carbocycles. The minimum absolute atomic E-state index is 0.0510. The smallest absolute Gasteiger partial charge is 0.231 e. The van der Waals surface area contributed by atoms with E-state index in [1.807, 2.05) is 67.6 Å². The summed E-state index contributed by atoms with van der Waals surface area (Å²) in [5.41, 5.74) is 2.00. The maximum atomic E-state index is 12.5. The van der Waals surface area contributed by atoms with Gasteiger partial charge in [-0.3, -0.25) is 4.79 Å². The first-order valence-electron chi connectivity index (χ1n) is 6.68. The molecule has 0 aliphatic rings. The molecule has 2 nitrogen and oxygen atoms in total. The molecule has 0 N–H and O–H groups in total. The Labute approximate surface area is 125 Å². The maximum Gasteiger partial charge on any atom is 0.231 e. The molecule has 1 atom stereocenters. The fourth-order valence-corrected chi connectivity index (χ4v) is 2.13. The molecule has 0 saturated heterocycles. The number of anilines is 1. The van der Waals surface area contributed by atoms with Gasteiger partial charge >= 0.3 is 0 Å². The molecule has 20 heavy (non-hydrogen) atoms. The van der Waals surface area contributed by atoms with E-state index in [1.54, 1.807) is 4.90 Å². The molecule has 1 amide bonds. The van der Waals surface area contributed by atoms with Gasteiger partial charge < -0.3 is 4.90 Å². The van der Waals surface area contributed by atoms with Crippen LogP contribution in [0, 0.1) is 5.92 Å². The van der Waals surface area contributed by atoms with Crippen molar-refractivity contribution in [3.63, 3.8) is 0 Å². The molecule has 0 bridgehead atoms. The quantitative estimate of drug-likeness (QED) is 0.758. The molecule has 0 spiro atoms. The van der Waals surface area contributed by atoms with E-state index in [-0.39, 0.29) is 11.8 Å². The second-order valence-electron chi connectivity index (χ2n) is 4.80. The van der Waals surface area contributed by atoms with Gasteiger partial charge in [0.1, 0.15) is 0 Å². The van der Waals surface area contributed by atoms with Crippen LogP contribution in [0.1, 0.15) is 12.5 Å². The minimum atomic E-state index is -0.194. The molecule has 0 saturated carbocycles. The zero-order valence-corrected chi connectivity index (χ0v) is 12.3. The first-order valence-corrected chi connectivity index (χ1v) is 7.22. The summed E-state index contributed by atoms with van der Waals surface area (Å²) in [6, 6.07) is 19.7. The van der Waals surface area contributed by atoms with Crippen molar-refractivity contribution >= 4 is 23.2 Å². The Hall–Kier alpha value is -1.80. The first kappa shape index (κ1) is 14.6. The number of carbonyl (C=O) groups excluding carboxylic acids is 1. The SMILES string of the molecule is CC(CCl)C(=O)N(Cc1ccccc1)c1ccccc1. The summed E-state index contributed by atoms with van der Waals surface area (Å²) in [7, 11) is 0. The molecule has 2 aromatic rings. The first-order chi connectivity index (χ1) is 9.72. The molecular formula is C17H18ClNO. The number of amides is 1. The van der Waals surface area contributed by atoms with Crippen LogP contribution >= 0.6 is 11.6 Å². The van der Waals surface area contributed by atoms with Gasteiger partial charge in [-0.2, -0.15) is 0 Å². The summed E-state index contributed by atoms with van der Waals surface area (Å²) in [4.78, 5) is 14.3. The summed E-state index contributed by atoms with van der Waals surface area (Å²) in [5, 5.41) is 0. The zero-order valence-electron chi connectivity index (χ0n) is 11.5. The van der Waals surface area contributed by atoms with E-state index in [4.69, 9.17) is 11.6 Å². The van der Waals surface area contributed by atoms with Crippen LogP contribution in [0.4, 0.5) is 5.69 Å². The molecule has 3 heteroatoms. The molecule has 0 aliphatic heterocycles. The topological polar surface area (TPSA) is 20.3 Å². The molecule has 0 radical (unpaired) electrons. The van der Waals surface area contributed by atoms with E-state index in [2.05, 4.69) is 0 Å². The monoisotopic (exact) mass is 287 g/mol. The van der Waals surface area contributed by atoms with Crippen molar-refractivity contribution in [1.29, 1.82) is 0 Å². The Kier molecular flexibility index (Phi) is 5.19. The van der Waals surface area contributed by atoms with E-state index < -0.39 is 0 Å². The molecule has 104 valence electrons. The molecular weight excluding hydrogens is 270 g/mol. The number of para-hydroxylation sites is 1. The number of nitrogens with zero attached hydrogens (tertiary/aromatic N) is 1. The molecule has 0 aromatic heterocycles. The average Bonchev–Trinajstić information content (AvgIpc) is 2.53. The van der Waals surface area contributed by atoms with Gasteiger partial charge in [-0.15, -0.1) is 11.6 Å². The number of hydrogen-bond acceptors (Lipinski definition) is 1. The average molecular weight is 288 g/mol. The van der Waals surface area contributed by atoms with Gasteiger partial charge in [-0.1, -0.05) is 55.5 Å². The third-order valence-electron chi connectivity index (χ3n) is 3.17. The number of carbonyl (C=O) groups is 1. The summed E-state index contributed by atoms with van der Waals surface area (Å²) in [6.07, 6.45) is 0. The zero-order chi connectivity index (χ0) is 14.4. The predicted octanol–water partition coefficient (Wildman–Crippen LogP) is 4.09. The Bertz CT molecular complexity index is 541. The van der Waals surface area contributed by atoms with Crippen molar-refractivity contribution in [3.8, 4) is 0 Å². The third kappa shape index (κ3) is 3.61. The van der Waals surface area contributed by atoms with Crippen molar-refractivity contribution in [1.82, 2.24) is 0 Å². The van der Waals surface area contributed by atoms with Crippen LogP contribution in [-0.2, 0) is 11.3 Å². The lowest BCUT2D eigenvalue weighted by Gasteiger charge is -2.25. The highest BCUT2D eigenvalue weighted by molar-refractivity contribution is 6.19. The second-order valence-corrected chi connectivity index (χ2v) is 5.11. The summed E-state index contributed by atoms with van der Waals surface area (Å²) >= 11 is 5.83. The highest BCUT2D eigenvalue weighted by Crippen LogP contribution is 2.20. The highest BCUT2D eigenvalue weighted by Gasteiger charge is 2.21. The molecule has 0 aliphatic carbocycles. The molecule has 0 fully saturated rings. The fourth-order valence-electron chi connectivity index (χ4n) is 2.00. The van der Waals surface area contributed by atoms with Crippen molar-refractivity contribution in [2.75, 3.05) is 10.8 Å². The van der Waals surface area contributed by atoms with Gasteiger partial charge in [-0.25, -0.2) is 0 Å². The summed E-state index contributed by atoms with van der Waals surface area (Å²) < 4.78 is 0. The minimum Gasteiger partial charge on any atom is -0.308 e. The normalized spacial score (nSPS) is 11.9. The van der Waals surface area contributed by atoms with Crippen molar-refractivity contribution < 1.29 is 4.79 Å². The van der Waals surface area contributed by atoms with E-state index in [9.17, 15) is 4.79 Å². The van der Waals surface area contributed by atoms with Crippen LogP contribution in [0.2, 0.25) is 0 Å². The van der Waals surface area contributed by atoms with Crippen molar-refractivity contribution in [2.24, 2.45) is 5.92 Å². The Morgan fingerprint density at radius 2 is 1.60 bits per heavy atom. The predicted molar refractivity (Wildman–Crippen MR) is 84.0 cm³/mol. The Morgan fingerprint density at radius 3 is 2.15 bits per heavy atom. The van der Waals surface area contributed by atoms with E-state index >= 15 is 0 Å². The van der Waals surface area contributed by atoms with Crippen LogP contribution in [-0.4, -0.2) is 11.8 Å². The van der Waals surface area contributed by atoms with Gasteiger partial charge in [0.25, 0.3) is 0 Å². The van der Waals surface area contributed by atoms with Crippen LogP contribution in [0.3, 0.4) is 0 Å². The second kappa shape index (κ2) is 7.11. The standard InChI is InChI=1S/C17H18ClNO/c1-14(12-18)17(20)19(16-10-6-3-7-11-16)13-15-8-4-2-5-9-15/h2-11,14H,12-13H2,1H3.